The third-order valence-corrected chi connectivity index (χ3v) is 3.85. The third-order valence-electron chi connectivity index (χ3n) is 3.57. The van der Waals surface area contributed by atoms with E-state index in [1.165, 1.54) is 0 Å². The summed E-state index contributed by atoms with van der Waals surface area (Å²) in [6.45, 7) is 6.18. The van der Waals surface area contributed by atoms with E-state index < -0.39 is 0 Å². The summed E-state index contributed by atoms with van der Waals surface area (Å²) in [5.74, 6) is 0.0754. The number of carbonyl (C=O) groups excluding carboxylic acids is 1. The first kappa shape index (κ1) is 14.4. The maximum absolute atomic E-state index is 12.6. The van der Waals surface area contributed by atoms with Crippen LogP contribution < -0.4 is 0 Å². The first-order chi connectivity index (χ1) is 9.11. The molecule has 104 valence electrons. The van der Waals surface area contributed by atoms with Gasteiger partial charge in [0, 0.05) is 30.2 Å². The Morgan fingerprint density at radius 1 is 1.53 bits per heavy atom. The molecule has 1 fully saturated rings. The summed E-state index contributed by atoms with van der Waals surface area (Å²) in [4.78, 5) is 15.3. The molecule has 1 aliphatic heterocycles. The molecular formula is C15H21NO2S. The second-order valence-corrected chi connectivity index (χ2v) is 5.49. The van der Waals surface area contributed by atoms with Gasteiger partial charge in [-0.2, -0.15) is 0 Å². The minimum Gasteiger partial charge on any atom is -0.376 e. The van der Waals surface area contributed by atoms with Crippen LogP contribution in [0.3, 0.4) is 0 Å². The Morgan fingerprint density at radius 2 is 2.32 bits per heavy atom. The summed E-state index contributed by atoms with van der Waals surface area (Å²) in [7, 11) is 0. The zero-order chi connectivity index (χ0) is 13.8. The molecule has 1 atom stereocenters. The predicted octanol–water partition coefficient (Wildman–Crippen LogP) is 2.92. The topological polar surface area (TPSA) is 29.5 Å². The number of hydrogen-bond acceptors (Lipinski definition) is 3. The van der Waals surface area contributed by atoms with Gasteiger partial charge in [-0.25, -0.2) is 0 Å². The number of benzene rings is 1. The summed E-state index contributed by atoms with van der Waals surface area (Å²) < 4.78 is 5.62. The highest BCUT2D eigenvalue weighted by atomic mass is 32.1. The lowest BCUT2D eigenvalue weighted by atomic mass is 10.1. The first-order valence-electron chi connectivity index (χ1n) is 6.82. The predicted molar refractivity (Wildman–Crippen MR) is 79.0 cm³/mol. The van der Waals surface area contributed by atoms with Crippen molar-refractivity contribution in [2.75, 3.05) is 19.7 Å². The summed E-state index contributed by atoms with van der Waals surface area (Å²) in [6, 6.07) is 5.69. The van der Waals surface area contributed by atoms with Gasteiger partial charge < -0.3 is 9.64 Å². The van der Waals surface area contributed by atoms with Crippen LogP contribution in [0.2, 0.25) is 0 Å². The first-order valence-corrected chi connectivity index (χ1v) is 7.27. The van der Waals surface area contributed by atoms with Gasteiger partial charge in [0.25, 0.3) is 5.91 Å². The molecule has 1 saturated heterocycles. The van der Waals surface area contributed by atoms with Gasteiger partial charge in [-0.15, -0.1) is 12.6 Å². The molecule has 0 aromatic heterocycles. The summed E-state index contributed by atoms with van der Waals surface area (Å²) >= 11 is 4.31. The lowest BCUT2D eigenvalue weighted by molar-refractivity contribution is 0.0538. The number of carbonyl (C=O) groups is 1. The van der Waals surface area contributed by atoms with Gasteiger partial charge in [-0.1, -0.05) is 6.07 Å². The largest absolute Gasteiger partial charge is 0.376 e. The molecule has 0 saturated carbocycles. The van der Waals surface area contributed by atoms with Crippen LogP contribution in [0.15, 0.2) is 23.1 Å². The van der Waals surface area contributed by atoms with Crippen molar-refractivity contribution in [1.29, 1.82) is 0 Å². The molecule has 1 aliphatic rings. The number of aryl methyl sites for hydroxylation is 1. The van der Waals surface area contributed by atoms with Crippen LogP contribution >= 0.6 is 12.6 Å². The molecule has 3 nitrogen and oxygen atoms in total. The second-order valence-electron chi connectivity index (χ2n) is 4.98. The Hall–Kier alpha value is -1.00. The normalized spacial score (nSPS) is 18.6. The average molecular weight is 279 g/mol. The maximum Gasteiger partial charge on any atom is 0.254 e. The molecule has 1 aromatic carbocycles. The average Bonchev–Trinajstić information content (AvgIpc) is 2.91. The molecule has 4 heteroatoms. The van der Waals surface area contributed by atoms with Crippen LogP contribution in [0.1, 0.15) is 35.7 Å². The highest BCUT2D eigenvalue weighted by Crippen LogP contribution is 2.18. The lowest BCUT2D eigenvalue weighted by Gasteiger charge is -2.24. The minimum absolute atomic E-state index is 0.0754. The van der Waals surface area contributed by atoms with Crippen molar-refractivity contribution in [2.45, 2.75) is 37.7 Å². The van der Waals surface area contributed by atoms with Crippen molar-refractivity contribution in [1.82, 2.24) is 4.90 Å². The number of amides is 1. The number of hydrogen-bond donors (Lipinski definition) is 1. The monoisotopic (exact) mass is 279 g/mol. The van der Waals surface area contributed by atoms with Gasteiger partial charge in [0.05, 0.1) is 6.10 Å². The van der Waals surface area contributed by atoms with E-state index in [0.29, 0.717) is 13.1 Å². The fraction of sp³-hybridized carbons (Fsp3) is 0.533. The van der Waals surface area contributed by atoms with Gasteiger partial charge in [-0.3, -0.25) is 4.79 Å². The highest BCUT2D eigenvalue weighted by molar-refractivity contribution is 7.80. The number of thiol groups is 1. The van der Waals surface area contributed by atoms with Crippen LogP contribution in [-0.4, -0.2) is 36.6 Å². The van der Waals surface area contributed by atoms with Gasteiger partial charge in [-0.05, 0) is 44.4 Å². The molecular weight excluding hydrogens is 258 g/mol. The van der Waals surface area contributed by atoms with E-state index in [-0.39, 0.29) is 12.0 Å². The molecule has 0 N–H and O–H groups in total. The quantitative estimate of drug-likeness (QED) is 0.859. The Bertz CT molecular complexity index is 455. The van der Waals surface area contributed by atoms with E-state index in [9.17, 15) is 4.79 Å². The third kappa shape index (κ3) is 3.51. The van der Waals surface area contributed by atoms with Crippen molar-refractivity contribution < 1.29 is 9.53 Å². The van der Waals surface area contributed by atoms with Gasteiger partial charge in [0.1, 0.15) is 0 Å². The fourth-order valence-electron chi connectivity index (χ4n) is 2.40. The summed E-state index contributed by atoms with van der Waals surface area (Å²) in [5, 5.41) is 0. The van der Waals surface area contributed by atoms with Gasteiger partial charge in [0.2, 0.25) is 0 Å². The molecule has 19 heavy (non-hydrogen) atoms. The standard InChI is InChI=1S/C15H21NO2S/c1-3-16(10-12-5-4-8-18-12)15(17)14-9-13(19)7-6-11(14)2/h6-7,9,12,19H,3-5,8,10H2,1-2H3. The number of rotatable bonds is 4. The summed E-state index contributed by atoms with van der Waals surface area (Å²) in [5.41, 5.74) is 1.74. The zero-order valence-electron chi connectivity index (χ0n) is 11.6. The van der Waals surface area contributed by atoms with Gasteiger partial charge >= 0.3 is 0 Å². The van der Waals surface area contributed by atoms with Crippen molar-refractivity contribution in [3.63, 3.8) is 0 Å². The number of likely N-dealkylation sites (N-methyl/N-ethyl adjacent to an activating group) is 1. The lowest BCUT2D eigenvalue weighted by Crippen LogP contribution is -2.37. The van der Waals surface area contributed by atoms with E-state index in [2.05, 4.69) is 12.6 Å². The molecule has 1 aromatic rings. The van der Waals surface area contributed by atoms with Crippen LogP contribution in [0.4, 0.5) is 0 Å². The van der Waals surface area contributed by atoms with Crippen molar-refractivity contribution in [2.24, 2.45) is 0 Å². The van der Waals surface area contributed by atoms with Crippen molar-refractivity contribution in [3.05, 3.63) is 29.3 Å². The van der Waals surface area contributed by atoms with Crippen LogP contribution in [0, 0.1) is 6.92 Å². The Morgan fingerprint density at radius 3 is 2.95 bits per heavy atom. The minimum atomic E-state index is 0.0754. The van der Waals surface area contributed by atoms with Crippen LogP contribution in [-0.2, 0) is 4.74 Å². The van der Waals surface area contributed by atoms with E-state index in [1.807, 2.05) is 36.9 Å². The maximum atomic E-state index is 12.6. The van der Waals surface area contributed by atoms with Crippen LogP contribution in [0.25, 0.3) is 0 Å². The molecule has 0 aliphatic carbocycles. The Balaban J connectivity index is 2.12. The van der Waals surface area contributed by atoms with E-state index in [4.69, 9.17) is 4.74 Å². The SMILES string of the molecule is CCN(CC1CCCO1)C(=O)c1cc(S)ccc1C. The molecule has 1 unspecified atom stereocenters. The van der Waals surface area contributed by atoms with E-state index >= 15 is 0 Å². The van der Waals surface area contributed by atoms with Gasteiger partial charge in [0.15, 0.2) is 0 Å². The molecule has 1 amide bonds. The Labute approximate surface area is 120 Å². The molecule has 0 radical (unpaired) electrons. The van der Waals surface area contributed by atoms with E-state index in [1.54, 1.807) is 0 Å². The molecule has 0 spiro atoms. The smallest absolute Gasteiger partial charge is 0.254 e. The fourth-order valence-corrected chi connectivity index (χ4v) is 2.60. The van der Waals surface area contributed by atoms with Crippen molar-refractivity contribution >= 4 is 18.5 Å². The number of ether oxygens (including phenoxy) is 1. The van der Waals surface area contributed by atoms with Crippen molar-refractivity contribution in [3.8, 4) is 0 Å². The van der Waals surface area contributed by atoms with Crippen LogP contribution in [0.5, 0.6) is 0 Å². The Kier molecular flexibility index (Phi) is 4.88. The molecule has 1 heterocycles. The van der Waals surface area contributed by atoms with E-state index in [0.717, 1.165) is 35.5 Å². The number of nitrogens with zero attached hydrogens (tertiary/aromatic N) is 1. The molecule has 0 bridgehead atoms. The second kappa shape index (κ2) is 6.44. The summed E-state index contributed by atoms with van der Waals surface area (Å²) in [6.07, 6.45) is 2.35. The zero-order valence-corrected chi connectivity index (χ0v) is 12.5. The highest BCUT2D eigenvalue weighted by Gasteiger charge is 2.23. The molecule has 2 rings (SSSR count).